The summed E-state index contributed by atoms with van der Waals surface area (Å²) in [5.41, 5.74) is 4.85. The Morgan fingerprint density at radius 3 is 3.00 bits per heavy atom. The highest BCUT2D eigenvalue weighted by Crippen LogP contribution is 2.34. The Kier molecular flexibility index (Phi) is 2.47. The van der Waals surface area contributed by atoms with Gasteiger partial charge in [0.15, 0.2) is 0 Å². The van der Waals surface area contributed by atoms with Crippen LogP contribution in [0.4, 0.5) is 11.4 Å². The van der Waals surface area contributed by atoms with Crippen molar-refractivity contribution in [2.75, 3.05) is 10.6 Å². The summed E-state index contributed by atoms with van der Waals surface area (Å²) in [6, 6.07) is 11.5. The van der Waals surface area contributed by atoms with Gasteiger partial charge in [-0.25, -0.2) is 0 Å². The van der Waals surface area contributed by atoms with Gasteiger partial charge in [-0.3, -0.25) is 9.89 Å². The maximum absolute atomic E-state index is 12.2. The fourth-order valence-electron chi connectivity index (χ4n) is 2.72. The van der Waals surface area contributed by atoms with E-state index in [1.54, 1.807) is 6.20 Å². The van der Waals surface area contributed by atoms with Gasteiger partial charge in [-0.05, 0) is 31.2 Å². The number of aryl methyl sites for hydroxylation is 1. The molecule has 104 valence electrons. The summed E-state index contributed by atoms with van der Waals surface area (Å²) in [6.07, 6.45) is 1.78. The minimum atomic E-state index is -0.361. The molecule has 5 nitrogen and oxygen atoms in total. The third kappa shape index (κ3) is 1.94. The van der Waals surface area contributed by atoms with Gasteiger partial charge in [-0.15, -0.1) is 0 Å². The summed E-state index contributed by atoms with van der Waals surface area (Å²) in [7, 11) is 0. The molecule has 1 aromatic heterocycles. The van der Waals surface area contributed by atoms with E-state index in [1.807, 2.05) is 43.3 Å². The lowest BCUT2D eigenvalue weighted by Gasteiger charge is -2.13. The molecule has 3 aromatic rings. The van der Waals surface area contributed by atoms with Crippen LogP contribution in [0.25, 0.3) is 10.9 Å². The number of aromatic amines is 1. The topological polar surface area (TPSA) is 69.8 Å². The van der Waals surface area contributed by atoms with E-state index in [1.165, 1.54) is 0 Å². The quantitative estimate of drug-likeness (QED) is 0.675. The molecule has 0 spiro atoms. The van der Waals surface area contributed by atoms with Gasteiger partial charge in [0.2, 0.25) is 0 Å². The van der Waals surface area contributed by atoms with Gasteiger partial charge in [0.25, 0.3) is 5.91 Å². The molecular formula is C16H14N4O. The number of H-pyrrole nitrogens is 1. The Labute approximate surface area is 121 Å². The van der Waals surface area contributed by atoms with Gasteiger partial charge in [-0.2, -0.15) is 5.10 Å². The van der Waals surface area contributed by atoms with Crippen molar-refractivity contribution >= 4 is 28.2 Å². The molecule has 1 aliphatic rings. The molecule has 2 heterocycles. The first-order chi connectivity index (χ1) is 10.2. The van der Waals surface area contributed by atoms with Crippen molar-refractivity contribution in [3.8, 4) is 0 Å². The van der Waals surface area contributed by atoms with Crippen molar-refractivity contribution in [1.82, 2.24) is 10.2 Å². The van der Waals surface area contributed by atoms with Crippen LogP contribution in [0.15, 0.2) is 42.6 Å². The van der Waals surface area contributed by atoms with Crippen LogP contribution in [0.5, 0.6) is 0 Å². The standard InChI is InChI=1S/C16H14N4O/c1-9-2-5-13-12(6-9)15(16(21)19-13)18-11-4-3-10-8-17-20-14(10)7-11/h2-8,15,18H,1H3,(H,17,20)(H,19,21). The maximum atomic E-state index is 12.2. The lowest BCUT2D eigenvalue weighted by Crippen LogP contribution is -2.19. The highest BCUT2D eigenvalue weighted by molar-refractivity contribution is 6.04. The first-order valence-electron chi connectivity index (χ1n) is 6.82. The zero-order chi connectivity index (χ0) is 14.4. The number of benzene rings is 2. The average Bonchev–Trinajstić information content (AvgIpc) is 3.04. The van der Waals surface area contributed by atoms with E-state index >= 15 is 0 Å². The minimum absolute atomic E-state index is 0.0275. The largest absolute Gasteiger partial charge is 0.370 e. The zero-order valence-electron chi connectivity index (χ0n) is 11.5. The Morgan fingerprint density at radius 2 is 2.10 bits per heavy atom. The highest BCUT2D eigenvalue weighted by Gasteiger charge is 2.30. The molecule has 21 heavy (non-hydrogen) atoms. The second-order valence-corrected chi connectivity index (χ2v) is 5.33. The van der Waals surface area contributed by atoms with Crippen LogP contribution in [0.3, 0.4) is 0 Å². The number of aromatic nitrogens is 2. The van der Waals surface area contributed by atoms with Gasteiger partial charge >= 0.3 is 0 Å². The second-order valence-electron chi connectivity index (χ2n) is 5.33. The molecule has 0 fully saturated rings. The molecule has 5 heteroatoms. The van der Waals surface area contributed by atoms with E-state index in [0.29, 0.717) is 0 Å². The van der Waals surface area contributed by atoms with Crippen LogP contribution in [-0.2, 0) is 4.79 Å². The molecule has 1 unspecified atom stereocenters. The number of nitrogens with zero attached hydrogens (tertiary/aromatic N) is 1. The number of amides is 1. The fraction of sp³-hybridized carbons (Fsp3) is 0.125. The van der Waals surface area contributed by atoms with Gasteiger partial charge in [0, 0.05) is 22.3 Å². The molecule has 0 bridgehead atoms. The van der Waals surface area contributed by atoms with Crippen LogP contribution in [0.1, 0.15) is 17.2 Å². The number of hydrogen-bond donors (Lipinski definition) is 3. The van der Waals surface area contributed by atoms with Crippen LogP contribution >= 0.6 is 0 Å². The van der Waals surface area contributed by atoms with Crippen molar-refractivity contribution < 1.29 is 4.79 Å². The van der Waals surface area contributed by atoms with Gasteiger partial charge < -0.3 is 10.6 Å². The van der Waals surface area contributed by atoms with Crippen LogP contribution < -0.4 is 10.6 Å². The number of rotatable bonds is 2. The van der Waals surface area contributed by atoms with Gasteiger partial charge in [0.05, 0.1) is 11.7 Å². The third-order valence-corrected chi connectivity index (χ3v) is 3.79. The summed E-state index contributed by atoms with van der Waals surface area (Å²) >= 11 is 0. The number of fused-ring (bicyclic) bond motifs is 2. The molecule has 2 aromatic carbocycles. The summed E-state index contributed by atoms with van der Waals surface area (Å²) in [5.74, 6) is -0.0275. The third-order valence-electron chi connectivity index (χ3n) is 3.79. The maximum Gasteiger partial charge on any atom is 0.251 e. The smallest absolute Gasteiger partial charge is 0.251 e. The number of carbonyl (C=O) groups is 1. The average molecular weight is 278 g/mol. The molecule has 1 aliphatic heterocycles. The normalized spacial score (nSPS) is 16.8. The number of nitrogens with one attached hydrogen (secondary N) is 3. The molecule has 0 saturated heterocycles. The summed E-state index contributed by atoms with van der Waals surface area (Å²) in [5, 5.41) is 14.2. The molecular weight excluding hydrogens is 264 g/mol. The predicted molar refractivity (Wildman–Crippen MR) is 82.3 cm³/mol. The Hall–Kier alpha value is -2.82. The molecule has 0 aliphatic carbocycles. The van der Waals surface area contributed by atoms with Crippen molar-refractivity contribution in [2.45, 2.75) is 13.0 Å². The monoisotopic (exact) mass is 278 g/mol. The first kappa shape index (κ1) is 12.0. The van der Waals surface area contributed by atoms with E-state index in [2.05, 4.69) is 20.8 Å². The number of hydrogen-bond acceptors (Lipinski definition) is 3. The molecule has 1 atom stereocenters. The molecule has 3 N–H and O–H groups in total. The van der Waals surface area contributed by atoms with Crippen LogP contribution in [0, 0.1) is 6.92 Å². The Balaban J connectivity index is 1.70. The van der Waals surface area contributed by atoms with Gasteiger partial charge in [0.1, 0.15) is 6.04 Å². The fourth-order valence-corrected chi connectivity index (χ4v) is 2.72. The lowest BCUT2D eigenvalue weighted by molar-refractivity contribution is -0.116. The zero-order valence-corrected chi connectivity index (χ0v) is 11.5. The molecule has 0 radical (unpaired) electrons. The van der Waals surface area contributed by atoms with E-state index in [9.17, 15) is 4.79 Å². The van der Waals surface area contributed by atoms with Gasteiger partial charge in [-0.1, -0.05) is 17.7 Å². The van der Waals surface area contributed by atoms with E-state index in [0.717, 1.165) is 33.4 Å². The number of anilines is 2. The molecule has 0 saturated carbocycles. The van der Waals surface area contributed by atoms with E-state index in [-0.39, 0.29) is 11.9 Å². The van der Waals surface area contributed by atoms with Crippen molar-refractivity contribution in [2.24, 2.45) is 0 Å². The Bertz CT molecular complexity index is 852. The summed E-state index contributed by atoms with van der Waals surface area (Å²) in [6.45, 7) is 2.02. The first-order valence-corrected chi connectivity index (χ1v) is 6.82. The molecule has 4 rings (SSSR count). The lowest BCUT2D eigenvalue weighted by atomic mass is 10.0. The summed E-state index contributed by atoms with van der Waals surface area (Å²) < 4.78 is 0. The summed E-state index contributed by atoms with van der Waals surface area (Å²) in [4.78, 5) is 12.2. The van der Waals surface area contributed by atoms with E-state index < -0.39 is 0 Å². The molecule has 1 amide bonds. The van der Waals surface area contributed by atoms with E-state index in [4.69, 9.17) is 0 Å². The Morgan fingerprint density at radius 1 is 1.19 bits per heavy atom. The van der Waals surface area contributed by atoms with Crippen molar-refractivity contribution in [1.29, 1.82) is 0 Å². The van der Waals surface area contributed by atoms with Crippen LogP contribution in [0.2, 0.25) is 0 Å². The highest BCUT2D eigenvalue weighted by atomic mass is 16.2. The van der Waals surface area contributed by atoms with Crippen molar-refractivity contribution in [3.63, 3.8) is 0 Å². The van der Waals surface area contributed by atoms with Crippen LogP contribution in [-0.4, -0.2) is 16.1 Å². The number of carbonyl (C=O) groups excluding carboxylic acids is 1. The second kappa shape index (κ2) is 4.34. The predicted octanol–water partition coefficient (Wildman–Crippen LogP) is 2.98. The SMILES string of the molecule is Cc1ccc2c(c1)C(Nc1ccc3cn[nH]c3c1)C(=O)N2. The van der Waals surface area contributed by atoms with Crippen molar-refractivity contribution in [3.05, 3.63) is 53.7 Å². The minimum Gasteiger partial charge on any atom is -0.370 e.